The van der Waals surface area contributed by atoms with Crippen molar-refractivity contribution < 1.29 is 4.79 Å². The number of allylic oxidation sites excluding steroid dienone is 4. The average molecular weight is 224 g/mol. The van der Waals surface area contributed by atoms with E-state index in [4.69, 9.17) is 0 Å². The Morgan fingerprint density at radius 3 is 2.53 bits per heavy atom. The zero-order chi connectivity index (χ0) is 11.8. The van der Waals surface area contributed by atoms with Crippen LogP contribution in [-0.4, -0.2) is 5.78 Å². The quantitative estimate of drug-likeness (QED) is 0.711. The van der Waals surface area contributed by atoms with E-state index in [1.54, 1.807) is 0 Å². The molecule has 2 aliphatic rings. The molecule has 2 atom stereocenters. The fourth-order valence-corrected chi connectivity index (χ4v) is 3.05. The van der Waals surface area contributed by atoms with Gasteiger partial charge in [0.2, 0.25) is 0 Å². The summed E-state index contributed by atoms with van der Waals surface area (Å²) in [5.41, 5.74) is 3.74. The summed E-state index contributed by atoms with van der Waals surface area (Å²) in [5.74, 6) is 1.14. The smallest absolute Gasteiger partial charge is 0.159 e. The van der Waals surface area contributed by atoms with Gasteiger partial charge in [-0.25, -0.2) is 0 Å². The van der Waals surface area contributed by atoms with Crippen LogP contribution in [0.25, 0.3) is 0 Å². The molecule has 1 fully saturated rings. The monoisotopic (exact) mass is 224 g/mol. The van der Waals surface area contributed by atoms with E-state index < -0.39 is 0 Å². The number of Topliss-reactive ketones (excluding diaryl/α,β-unsaturated/α-hetero) is 1. The van der Waals surface area contributed by atoms with E-state index >= 15 is 0 Å². The summed E-state index contributed by atoms with van der Waals surface area (Å²) in [6.45, 7) is 2.15. The number of hydrogen-bond donors (Lipinski definition) is 0. The van der Waals surface area contributed by atoms with Crippen LogP contribution in [-0.2, 0) is 4.79 Å². The second-order valence-corrected chi connectivity index (χ2v) is 5.09. The second-order valence-electron chi connectivity index (χ2n) is 5.09. The molecular formula is C16H16O. The molecule has 1 aromatic carbocycles. The molecule has 0 N–H and O–H groups in total. The number of fused-ring (bicyclic) bond motifs is 1. The molecule has 1 saturated carbocycles. The van der Waals surface area contributed by atoms with Crippen LogP contribution in [0.15, 0.2) is 53.6 Å². The standard InChI is InChI=1S/C16H16O/c1-11-7-8-13-15(9-11)14(10-16(13)17)12-5-3-2-4-6-12/h2-8,14-15H,9-10H2,1H3/t14-,15?/m1/s1. The van der Waals surface area contributed by atoms with Crippen molar-refractivity contribution in [3.05, 3.63) is 59.2 Å². The fraction of sp³-hybridized carbons (Fsp3) is 0.312. The van der Waals surface area contributed by atoms with E-state index in [0.29, 0.717) is 24.0 Å². The third-order valence-corrected chi connectivity index (χ3v) is 3.93. The van der Waals surface area contributed by atoms with E-state index in [9.17, 15) is 4.79 Å². The maximum Gasteiger partial charge on any atom is 0.159 e. The van der Waals surface area contributed by atoms with Crippen molar-refractivity contribution in [2.45, 2.75) is 25.7 Å². The Bertz CT molecular complexity index is 508. The number of carbonyl (C=O) groups excluding carboxylic acids is 1. The number of benzene rings is 1. The summed E-state index contributed by atoms with van der Waals surface area (Å²) < 4.78 is 0. The molecule has 1 unspecified atom stereocenters. The SMILES string of the molecule is CC1=CC=C2C(=O)C[C@H](c3ccccc3)C2C1. The summed E-state index contributed by atoms with van der Waals surface area (Å²) in [4.78, 5) is 12.0. The highest BCUT2D eigenvalue weighted by Crippen LogP contribution is 2.45. The molecule has 1 heteroatoms. The maximum atomic E-state index is 12.0. The summed E-state index contributed by atoms with van der Waals surface area (Å²) >= 11 is 0. The molecule has 0 aliphatic heterocycles. The van der Waals surface area contributed by atoms with Crippen molar-refractivity contribution in [2.24, 2.45) is 5.92 Å². The van der Waals surface area contributed by atoms with Gasteiger partial charge in [0.15, 0.2) is 5.78 Å². The number of rotatable bonds is 1. The lowest BCUT2D eigenvalue weighted by Crippen LogP contribution is -2.11. The van der Waals surface area contributed by atoms with Crippen LogP contribution in [0.4, 0.5) is 0 Å². The lowest BCUT2D eigenvalue weighted by atomic mass is 9.81. The maximum absolute atomic E-state index is 12.0. The predicted molar refractivity (Wildman–Crippen MR) is 68.8 cm³/mol. The highest BCUT2D eigenvalue weighted by molar-refractivity contribution is 5.99. The summed E-state index contributed by atoms with van der Waals surface area (Å²) in [6, 6.07) is 10.5. The Balaban J connectivity index is 1.98. The second kappa shape index (κ2) is 3.99. The molecule has 1 aromatic rings. The molecule has 0 saturated heterocycles. The first-order valence-electron chi connectivity index (χ1n) is 6.21. The van der Waals surface area contributed by atoms with Crippen LogP contribution in [0.1, 0.15) is 31.2 Å². The van der Waals surface area contributed by atoms with Gasteiger partial charge in [-0.15, -0.1) is 0 Å². The van der Waals surface area contributed by atoms with Crippen molar-refractivity contribution in [3.63, 3.8) is 0 Å². The third-order valence-electron chi connectivity index (χ3n) is 3.93. The van der Waals surface area contributed by atoms with Crippen LogP contribution < -0.4 is 0 Å². The van der Waals surface area contributed by atoms with Gasteiger partial charge in [0, 0.05) is 6.42 Å². The first-order chi connectivity index (χ1) is 8.25. The van der Waals surface area contributed by atoms with Gasteiger partial charge in [0.05, 0.1) is 0 Å². The third kappa shape index (κ3) is 1.76. The molecule has 0 amide bonds. The Kier molecular flexibility index (Phi) is 2.47. The molecule has 2 aliphatic carbocycles. The molecule has 3 rings (SSSR count). The largest absolute Gasteiger partial charge is 0.295 e. The van der Waals surface area contributed by atoms with Gasteiger partial charge in [-0.2, -0.15) is 0 Å². The molecule has 0 spiro atoms. The zero-order valence-electron chi connectivity index (χ0n) is 10.0. The van der Waals surface area contributed by atoms with E-state index in [-0.39, 0.29) is 0 Å². The molecule has 1 nitrogen and oxygen atoms in total. The average Bonchev–Trinajstić information content (AvgIpc) is 2.67. The minimum atomic E-state index is 0.340. The highest BCUT2D eigenvalue weighted by Gasteiger charge is 2.39. The van der Waals surface area contributed by atoms with Gasteiger partial charge in [0.25, 0.3) is 0 Å². The fourth-order valence-electron chi connectivity index (χ4n) is 3.05. The van der Waals surface area contributed by atoms with Crippen LogP contribution in [0, 0.1) is 5.92 Å². The predicted octanol–water partition coefficient (Wildman–Crippen LogP) is 3.64. The molecule has 0 radical (unpaired) electrons. The minimum Gasteiger partial charge on any atom is -0.295 e. The van der Waals surface area contributed by atoms with Gasteiger partial charge in [-0.05, 0) is 36.3 Å². The van der Waals surface area contributed by atoms with E-state index in [0.717, 1.165) is 12.0 Å². The van der Waals surface area contributed by atoms with Crippen molar-refractivity contribution in [1.82, 2.24) is 0 Å². The summed E-state index contributed by atoms with van der Waals surface area (Å²) in [6.07, 6.45) is 5.85. The van der Waals surface area contributed by atoms with Crippen molar-refractivity contribution >= 4 is 5.78 Å². The number of ketones is 1. The van der Waals surface area contributed by atoms with Gasteiger partial charge >= 0.3 is 0 Å². The molecule has 0 aromatic heterocycles. The van der Waals surface area contributed by atoms with Crippen molar-refractivity contribution in [3.8, 4) is 0 Å². The van der Waals surface area contributed by atoms with Crippen LogP contribution in [0.5, 0.6) is 0 Å². The minimum absolute atomic E-state index is 0.340. The lowest BCUT2D eigenvalue weighted by molar-refractivity contribution is -0.114. The molecular weight excluding hydrogens is 208 g/mol. The molecule has 0 bridgehead atoms. The van der Waals surface area contributed by atoms with Crippen LogP contribution in [0.3, 0.4) is 0 Å². The molecule has 0 heterocycles. The van der Waals surface area contributed by atoms with Crippen molar-refractivity contribution in [1.29, 1.82) is 0 Å². The summed E-state index contributed by atoms with van der Waals surface area (Å²) in [7, 11) is 0. The Labute approximate surface area is 102 Å². The Morgan fingerprint density at radius 2 is 1.76 bits per heavy atom. The zero-order valence-corrected chi connectivity index (χ0v) is 10.0. The van der Waals surface area contributed by atoms with Crippen molar-refractivity contribution in [2.75, 3.05) is 0 Å². The van der Waals surface area contributed by atoms with Gasteiger partial charge in [0.1, 0.15) is 0 Å². The first kappa shape index (κ1) is 10.5. The Morgan fingerprint density at radius 1 is 1.00 bits per heavy atom. The van der Waals surface area contributed by atoms with E-state index in [1.807, 2.05) is 12.1 Å². The lowest BCUT2D eigenvalue weighted by Gasteiger charge is -2.22. The first-order valence-corrected chi connectivity index (χ1v) is 6.21. The van der Waals surface area contributed by atoms with E-state index in [2.05, 4.69) is 37.3 Å². The van der Waals surface area contributed by atoms with Crippen LogP contribution >= 0.6 is 0 Å². The molecule has 86 valence electrons. The Hall–Kier alpha value is -1.63. The van der Waals surface area contributed by atoms with E-state index in [1.165, 1.54) is 11.1 Å². The van der Waals surface area contributed by atoms with Gasteiger partial charge in [-0.1, -0.05) is 48.1 Å². The normalized spacial score (nSPS) is 27.5. The number of carbonyl (C=O) groups is 1. The highest BCUT2D eigenvalue weighted by atomic mass is 16.1. The van der Waals surface area contributed by atoms with Gasteiger partial charge < -0.3 is 0 Å². The van der Waals surface area contributed by atoms with Gasteiger partial charge in [-0.3, -0.25) is 4.79 Å². The topological polar surface area (TPSA) is 17.1 Å². The van der Waals surface area contributed by atoms with Crippen LogP contribution in [0.2, 0.25) is 0 Å². The summed E-state index contributed by atoms with van der Waals surface area (Å²) in [5, 5.41) is 0. The number of hydrogen-bond acceptors (Lipinski definition) is 1. The molecule has 17 heavy (non-hydrogen) atoms.